The fraction of sp³-hybridized carbons (Fsp3) is 0.667. The van der Waals surface area contributed by atoms with E-state index in [-0.39, 0.29) is 5.54 Å². The van der Waals surface area contributed by atoms with Crippen LogP contribution >= 0.6 is 0 Å². The maximum absolute atomic E-state index is 3.92. The standard InChI is InChI=1S/C18H30N2/c1-3-17(19-4-2)15-20-18(13-9-6-10-14-18)16-11-7-5-8-12-16/h5,7-8,11-12,17,19-20H,3-4,6,9-10,13-15H2,1-2H3. The quantitative estimate of drug-likeness (QED) is 0.790. The first-order valence-corrected chi connectivity index (χ1v) is 8.34. The number of benzene rings is 1. The number of hydrogen-bond acceptors (Lipinski definition) is 2. The van der Waals surface area contributed by atoms with Gasteiger partial charge in [-0.3, -0.25) is 0 Å². The van der Waals surface area contributed by atoms with E-state index in [0.717, 1.165) is 13.1 Å². The van der Waals surface area contributed by atoms with Gasteiger partial charge in [0.05, 0.1) is 0 Å². The minimum absolute atomic E-state index is 0.211. The van der Waals surface area contributed by atoms with E-state index in [0.29, 0.717) is 6.04 Å². The zero-order valence-corrected chi connectivity index (χ0v) is 13.1. The van der Waals surface area contributed by atoms with Gasteiger partial charge in [-0.05, 0) is 31.4 Å². The molecule has 0 spiro atoms. The molecule has 1 unspecified atom stereocenters. The third kappa shape index (κ3) is 3.83. The minimum atomic E-state index is 0.211. The highest BCUT2D eigenvalue weighted by Gasteiger charge is 2.33. The van der Waals surface area contributed by atoms with E-state index in [4.69, 9.17) is 0 Å². The van der Waals surface area contributed by atoms with Gasteiger partial charge in [-0.25, -0.2) is 0 Å². The lowest BCUT2D eigenvalue weighted by Crippen LogP contribution is -2.49. The average Bonchev–Trinajstić information content (AvgIpc) is 2.53. The predicted molar refractivity (Wildman–Crippen MR) is 87.0 cm³/mol. The fourth-order valence-corrected chi connectivity index (χ4v) is 3.45. The molecule has 112 valence electrons. The Balaban J connectivity index is 2.07. The zero-order valence-electron chi connectivity index (χ0n) is 13.1. The van der Waals surface area contributed by atoms with Crippen molar-refractivity contribution in [2.45, 2.75) is 64.0 Å². The lowest BCUT2D eigenvalue weighted by atomic mass is 9.76. The van der Waals surface area contributed by atoms with Crippen LogP contribution in [0, 0.1) is 0 Å². The van der Waals surface area contributed by atoms with Gasteiger partial charge in [0.2, 0.25) is 0 Å². The summed E-state index contributed by atoms with van der Waals surface area (Å²) in [4.78, 5) is 0. The summed E-state index contributed by atoms with van der Waals surface area (Å²) >= 11 is 0. The van der Waals surface area contributed by atoms with Crippen molar-refractivity contribution < 1.29 is 0 Å². The first kappa shape index (κ1) is 15.5. The van der Waals surface area contributed by atoms with Gasteiger partial charge in [0.15, 0.2) is 0 Å². The molecular weight excluding hydrogens is 244 g/mol. The molecule has 20 heavy (non-hydrogen) atoms. The molecule has 2 heteroatoms. The third-order valence-electron chi connectivity index (χ3n) is 4.71. The molecule has 1 fully saturated rings. The van der Waals surface area contributed by atoms with Crippen molar-refractivity contribution in [3.8, 4) is 0 Å². The van der Waals surface area contributed by atoms with E-state index >= 15 is 0 Å². The van der Waals surface area contributed by atoms with Crippen LogP contribution in [0.4, 0.5) is 0 Å². The van der Waals surface area contributed by atoms with Crippen molar-refractivity contribution in [3.63, 3.8) is 0 Å². The summed E-state index contributed by atoms with van der Waals surface area (Å²) in [6, 6.07) is 11.7. The highest BCUT2D eigenvalue weighted by atomic mass is 15.0. The zero-order chi connectivity index (χ0) is 14.3. The van der Waals surface area contributed by atoms with Crippen molar-refractivity contribution in [2.24, 2.45) is 0 Å². The molecule has 0 radical (unpaired) electrons. The molecule has 1 aliphatic carbocycles. The number of likely N-dealkylation sites (N-methyl/N-ethyl adjacent to an activating group) is 1. The summed E-state index contributed by atoms with van der Waals surface area (Å²) < 4.78 is 0. The lowest BCUT2D eigenvalue weighted by Gasteiger charge is -2.40. The van der Waals surface area contributed by atoms with Crippen molar-refractivity contribution in [2.75, 3.05) is 13.1 Å². The molecule has 0 heterocycles. The van der Waals surface area contributed by atoms with Gasteiger partial charge in [-0.1, -0.05) is 63.4 Å². The highest BCUT2D eigenvalue weighted by molar-refractivity contribution is 5.25. The molecule has 2 N–H and O–H groups in total. The lowest BCUT2D eigenvalue weighted by molar-refractivity contribution is 0.224. The van der Waals surface area contributed by atoms with Crippen LogP contribution in [0.3, 0.4) is 0 Å². The Bertz CT molecular complexity index is 368. The van der Waals surface area contributed by atoms with Crippen molar-refractivity contribution in [1.82, 2.24) is 10.6 Å². The Kier molecular flexibility index (Phi) is 6.06. The van der Waals surface area contributed by atoms with Crippen LogP contribution < -0.4 is 10.6 Å². The van der Waals surface area contributed by atoms with Gasteiger partial charge in [-0.15, -0.1) is 0 Å². The van der Waals surface area contributed by atoms with Crippen LogP contribution in [0.5, 0.6) is 0 Å². The van der Waals surface area contributed by atoms with E-state index < -0.39 is 0 Å². The van der Waals surface area contributed by atoms with E-state index in [9.17, 15) is 0 Å². The molecule has 1 aliphatic rings. The Morgan fingerprint density at radius 2 is 1.75 bits per heavy atom. The predicted octanol–water partition coefficient (Wildman–Crippen LogP) is 3.82. The fourth-order valence-electron chi connectivity index (χ4n) is 3.45. The molecule has 1 aromatic rings. The summed E-state index contributed by atoms with van der Waals surface area (Å²) in [5, 5.41) is 7.50. The molecular formula is C18H30N2. The van der Waals surface area contributed by atoms with Crippen molar-refractivity contribution in [1.29, 1.82) is 0 Å². The topological polar surface area (TPSA) is 24.1 Å². The van der Waals surface area contributed by atoms with Crippen LogP contribution in [0.2, 0.25) is 0 Å². The number of hydrogen-bond donors (Lipinski definition) is 2. The summed E-state index contributed by atoms with van der Waals surface area (Å²) in [6.45, 7) is 6.58. The molecule has 2 nitrogen and oxygen atoms in total. The second-order valence-corrected chi connectivity index (χ2v) is 6.05. The van der Waals surface area contributed by atoms with E-state index in [2.05, 4.69) is 54.8 Å². The van der Waals surface area contributed by atoms with Crippen LogP contribution in [-0.2, 0) is 5.54 Å². The monoisotopic (exact) mass is 274 g/mol. The largest absolute Gasteiger partial charge is 0.313 e. The first-order valence-electron chi connectivity index (χ1n) is 8.34. The first-order chi connectivity index (χ1) is 9.80. The molecule has 0 aromatic heterocycles. The molecule has 0 amide bonds. The highest BCUT2D eigenvalue weighted by Crippen LogP contribution is 2.36. The second-order valence-electron chi connectivity index (χ2n) is 6.05. The van der Waals surface area contributed by atoms with E-state index in [1.807, 2.05) is 0 Å². The van der Waals surface area contributed by atoms with Gasteiger partial charge < -0.3 is 10.6 Å². The molecule has 1 saturated carbocycles. The maximum atomic E-state index is 3.92. The summed E-state index contributed by atoms with van der Waals surface area (Å²) in [6.07, 6.45) is 7.82. The van der Waals surface area contributed by atoms with Gasteiger partial charge in [-0.2, -0.15) is 0 Å². The van der Waals surface area contributed by atoms with Gasteiger partial charge in [0.1, 0.15) is 0 Å². The van der Waals surface area contributed by atoms with Crippen LogP contribution in [0.25, 0.3) is 0 Å². The average molecular weight is 274 g/mol. The van der Waals surface area contributed by atoms with Crippen molar-refractivity contribution >= 4 is 0 Å². The second kappa shape index (κ2) is 7.80. The third-order valence-corrected chi connectivity index (χ3v) is 4.71. The molecule has 0 saturated heterocycles. The molecule has 2 rings (SSSR count). The van der Waals surface area contributed by atoms with Crippen LogP contribution in [-0.4, -0.2) is 19.1 Å². The summed E-state index contributed by atoms with van der Waals surface area (Å²) in [5.74, 6) is 0. The van der Waals surface area contributed by atoms with Gasteiger partial charge >= 0.3 is 0 Å². The normalized spacial score (nSPS) is 19.7. The summed E-state index contributed by atoms with van der Waals surface area (Å²) in [7, 11) is 0. The molecule has 1 atom stereocenters. The number of nitrogens with one attached hydrogen (secondary N) is 2. The Labute approximate surface area is 124 Å². The Hall–Kier alpha value is -0.860. The number of rotatable bonds is 7. The molecule has 0 bridgehead atoms. The Morgan fingerprint density at radius 3 is 2.35 bits per heavy atom. The molecule has 0 aliphatic heterocycles. The van der Waals surface area contributed by atoms with Crippen LogP contribution in [0.1, 0.15) is 57.9 Å². The maximum Gasteiger partial charge on any atom is 0.0435 e. The van der Waals surface area contributed by atoms with Crippen LogP contribution in [0.15, 0.2) is 30.3 Å². The summed E-state index contributed by atoms with van der Waals surface area (Å²) in [5.41, 5.74) is 1.69. The smallest absolute Gasteiger partial charge is 0.0435 e. The Morgan fingerprint density at radius 1 is 1.05 bits per heavy atom. The van der Waals surface area contributed by atoms with E-state index in [1.165, 1.54) is 44.1 Å². The van der Waals surface area contributed by atoms with E-state index in [1.54, 1.807) is 0 Å². The van der Waals surface area contributed by atoms with Gasteiger partial charge in [0, 0.05) is 18.1 Å². The van der Waals surface area contributed by atoms with Gasteiger partial charge in [0.25, 0.3) is 0 Å². The van der Waals surface area contributed by atoms with Crippen molar-refractivity contribution in [3.05, 3.63) is 35.9 Å². The minimum Gasteiger partial charge on any atom is -0.313 e. The molecule has 1 aromatic carbocycles. The SMILES string of the molecule is CCNC(CC)CNC1(c2ccccc2)CCCCC1.